The van der Waals surface area contributed by atoms with Crippen LogP contribution in [0.4, 0.5) is 18.9 Å². The highest BCUT2D eigenvalue weighted by atomic mass is 19.4. The average molecular weight is 394 g/mol. The maximum Gasteiger partial charge on any atom is 0.422 e. The number of nitrogens with one attached hydrogen (secondary N) is 1. The maximum absolute atomic E-state index is 12.4. The minimum absolute atomic E-state index is 0.0638. The second-order valence-electron chi connectivity index (χ2n) is 6.61. The van der Waals surface area contributed by atoms with Gasteiger partial charge >= 0.3 is 6.18 Å². The van der Waals surface area contributed by atoms with Crippen molar-refractivity contribution < 1.29 is 27.4 Å². The Balaban J connectivity index is 1.59. The molecule has 0 aliphatic heterocycles. The summed E-state index contributed by atoms with van der Waals surface area (Å²) >= 11 is 0. The van der Waals surface area contributed by atoms with Crippen molar-refractivity contribution in [2.75, 3.05) is 18.9 Å². The van der Waals surface area contributed by atoms with E-state index in [1.165, 1.54) is 18.2 Å². The van der Waals surface area contributed by atoms with Gasteiger partial charge in [0.15, 0.2) is 24.7 Å². The van der Waals surface area contributed by atoms with Crippen molar-refractivity contribution in [3.8, 4) is 11.5 Å². The van der Waals surface area contributed by atoms with E-state index in [1.807, 2.05) is 12.1 Å². The Labute approximate surface area is 160 Å². The fourth-order valence-corrected chi connectivity index (χ4v) is 3.21. The lowest BCUT2D eigenvalue weighted by Gasteiger charge is -2.26. The van der Waals surface area contributed by atoms with Gasteiger partial charge in [0.1, 0.15) is 0 Å². The van der Waals surface area contributed by atoms with Crippen LogP contribution < -0.4 is 20.5 Å². The van der Waals surface area contributed by atoms with Crippen LogP contribution in [0.25, 0.3) is 0 Å². The molecule has 0 radical (unpaired) electrons. The fraction of sp³-hybridized carbons (Fsp3) is 0.350. The summed E-state index contributed by atoms with van der Waals surface area (Å²) in [5.41, 5.74) is 8.65. The molecule has 8 heteroatoms. The first-order chi connectivity index (χ1) is 13.3. The number of nitrogens with two attached hydrogens (primary N) is 1. The molecule has 2 aromatic rings. The van der Waals surface area contributed by atoms with Crippen molar-refractivity contribution in [2.24, 2.45) is 0 Å². The van der Waals surface area contributed by atoms with Crippen LogP contribution in [0.2, 0.25) is 0 Å². The summed E-state index contributed by atoms with van der Waals surface area (Å²) in [4.78, 5) is 12.3. The second-order valence-corrected chi connectivity index (χ2v) is 6.61. The third-order valence-corrected chi connectivity index (χ3v) is 4.42. The summed E-state index contributed by atoms with van der Waals surface area (Å²) in [6.45, 7) is -1.76. The molecule has 1 atom stereocenters. The standard InChI is InChI=1S/C20H21F3N2O3/c21-20(22,23)12-28-18-7-2-1-6-17(18)27-11-19(26)25-16-5-3-4-13-10-14(24)8-9-15(13)16/h1-2,6-10,16H,3-5,11-12,24H2,(H,25,26). The van der Waals surface area contributed by atoms with E-state index in [1.54, 1.807) is 12.1 Å². The number of para-hydroxylation sites is 2. The van der Waals surface area contributed by atoms with E-state index in [2.05, 4.69) is 5.32 Å². The van der Waals surface area contributed by atoms with Crippen LogP contribution in [0.5, 0.6) is 11.5 Å². The summed E-state index contributed by atoms with van der Waals surface area (Å²) in [6, 6.07) is 11.4. The molecule has 0 bridgehead atoms. The lowest BCUT2D eigenvalue weighted by Crippen LogP contribution is -2.34. The van der Waals surface area contributed by atoms with E-state index in [0.29, 0.717) is 5.69 Å². The van der Waals surface area contributed by atoms with E-state index in [4.69, 9.17) is 15.2 Å². The van der Waals surface area contributed by atoms with E-state index in [0.717, 1.165) is 30.4 Å². The van der Waals surface area contributed by atoms with Crippen LogP contribution in [0, 0.1) is 0 Å². The number of anilines is 1. The number of fused-ring (bicyclic) bond motifs is 1. The summed E-state index contributed by atoms with van der Waals surface area (Å²) in [7, 11) is 0. The van der Waals surface area contributed by atoms with Gasteiger partial charge in [0.2, 0.25) is 0 Å². The molecule has 0 saturated heterocycles. The number of halogens is 3. The van der Waals surface area contributed by atoms with Crippen molar-refractivity contribution in [1.29, 1.82) is 0 Å². The lowest BCUT2D eigenvalue weighted by atomic mass is 9.87. The second kappa shape index (κ2) is 8.41. The van der Waals surface area contributed by atoms with Crippen molar-refractivity contribution in [3.63, 3.8) is 0 Å². The van der Waals surface area contributed by atoms with Crippen LogP contribution in [0.3, 0.4) is 0 Å². The zero-order chi connectivity index (χ0) is 20.1. The monoisotopic (exact) mass is 394 g/mol. The Hall–Kier alpha value is -2.90. The number of carbonyl (C=O) groups excluding carboxylic acids is 1. The molecule has 1 amide bonds. The van der Waals surface area contributed by atoms with Crippen molar-refractivity contribution in [2.45, 2.75) is 31.5 Å². The van der Waals surface area contributed by atoms with Gasteiger partial charge in [0.05, 0.1) is 6.04 Å². The number of benzene rings is 2. The molecule has 0 spiro atoms. The molecule has 3 rings (SSSR count). The van der Waals surface area contributed by atoms with Crippen LogP contribution in [-0.4, -0.2) is 25.3 Å². The first-order valence-electron chi connectivity index (χ1n) is 8.91. The number of rotatable bonds is 6. The topological polar surface area (TPSA) is 73.6 Å². The van der Waals surface area contributed by atoms with Crippen LogP contribution in [0.15, 0.2) is 42.5 Å². The number of ether oxygens (including phenoxy) is 2. The molecular formula is C20H21F3N2O3. The SMILES string of the molecule is Nc1ccc2c(c1)CCCC2NC(=O)COc1ccccc1OCC(F)(F)F. The molecule has 5 nitrogen and oxygen atoms in total. The van der Waals surface area contributed by atoms with Crippen molar-refractivity contribution in [1.82, 2.24) is 5.32 Å². The molecule has 0 aromatic heterocycles. The number of aryl methyl sites for hydroxylation is 1. The van der Waals surface area contributed by atoms with E-state index in [-0.39, 0.29) is 30.1 Å². The summed E-state index contributed by atoms with van der Waals surface area (Å²) in [6.07, 6.45) is -1.82. The normalized spacial score (nSPS) is 16.2. The molecule has 1 aliphatic rings. The highest BCUT2D eigenvalue weighted by Crippen LogP contribution is 2.31. The predicted octanol–water partition coefficient (Wildman–Crippen LogP) is 3.78. The van der Waals surface area contributed by atoms with Crippen LogP contribution in [0.1, 0.15) is 30.0 Å². The number of hydrogen-bond donors (Lipinski definition) is 2. The average Bonchev–Trinajstić information content (AvgIpc) is 2.64. The van der Waals surface area contributed by atoms with Gasteiger partial charge in [-0.05, 0) is 54.7 Å². The van der Waals surface area contributed by atoms with Gasteiger partial charge in [-0.1, -0.05) is 18.2 Å². The van der Waals surface area contributed by atoms with Gasteiger partial charge in [0.25, 0.3) is 5.91 Å². The first kappa shape index (κ1) is 19.9. The smallest absolute Gasteiger partial charge is 0.422 e. The highest BCUT2D eigenvalue weighted by Gasteiger charge is 2.29. The largest absolute Gasteiger partial charge is 0.480 e. The Bertz CT molecular complexity index is 840. The lowest BCUT2D eigenvalue weighted by molar-refractivity contribution is -0.153. The minimum Gasteiger partial charge on any atom is -0.480 e. The minimum atomic E-state index is -4.46. The quantitative estimate of drug-likeness (QED) is 0.732. The van der Waals surface area contributed by atoms with Gasteiger partial charge in [-0.15, -0.1) is 0 Å². The van der Waals surface area contributed by atoms with Crippen LogP contribution in [-0.2, 0) is 11.2 Å². The van der Waals surface area contributed by atoms with Crippen molar-refractivity contribution >= 4 is 11.6 Å². The summed E-state index contributed by atoms with van der Waals surface area (Å²) < 4.78 is 47.2. The van der Waals surface area contributed by atoms with E-state index >= 15 is 0 Å². The Kier molecular flexibility index (Phi) is 5.96. The molecule has 3 N–H and O–H groups in total. The molecule has 0 heterocycles. The molecule has 1 unspecified atom stereocenters. The van der Waals surface area contributed by atoms with Gasteiger partial charge in [-0.3, -0.25) is 4.79 Å². The predicted molar refractivity (Wildman–Crippen MR) is 98.2 cm³/mol. The number of alkyl halides is 3. The molecule has 0 fully saturated rings. The third kappa shape index (κ3) is 5.31. The molecule has 150 valence electrons. The molecule has 0 saturated carbocycles. The number of nitrogen functional groups attached to an aromatic ring is 1. The number of hydrogen-bond acceptors (Lipinski definition) is 4. The molecular weight excluding hydrogens is 373 g/mol. The van der Waals surface area contributed by atoms with Crippen LogP contribution >= 0.6 is 0 Å². The Morgan fingerprint density at radius 2 is 1.86 bits per heavy atom. The van der Waals surface area contributed by atoms with Gasteiger partial charge in [0, 0.05) is 5.69 Å². The molecule has 28 heavy (non-hydrogen) atoms. The van der Waals surface area contributed by atoms with E-state index in [9.17, 15) is 18.0 Å². The van der Waals surface area contributed by atoms with E-state index < -0.39 is 12.8 Å². The molecule has 2 aromatic carbocycles. The van der Waals surface area contributed by atoms with Gasteiger partial charge in [-0.2, -0.15) is 13.2 Å². The zero-order valence-electron chi connectivity index (χ0n) is 15.1. The maximum atomic E-state index is 12.4. The summed E-state index contributed by atoms with van der Waals surface area (Å²) in [5, 5.41) is 2.91. The fourth-order valence-electron chi connectivity index (χ4n) is 3.21. The Morgan fingerprint density at radius 3 is 2.57 bits per heavy atom. The third-order valence-electron chi connectivity index (χ3n) is 4.42. The van der Waals surface area contributed by atoms with Gasteiger partial charge < -0.3 is 20.5 Å². The number of amides is 1. The summed E-state index contributed by atoms with van der Waals surface area (Å²) in [5.74, 6) is -0.342. The van der Waals surface area contributed by atoms with Gasteiger partial charge in [-0.25, -0.2) is 0 Å². The number of carbonyl (C=O) groups is 1. The zero-order valence-corrected chi connectivity index (χ0v) is 15.1. The highest BCUT2D eigenvalue weighted by molar-refractivity contribution is 5.78. The Morgan fingerprint density at radius 1 is 1.14 bits per heavy atom. The first-order valence-corrected chi connectivity index (χ1v) is 8.91. The molecule has 1 aliphatic carbocycles. The van der Waals surface area contributed by atoms with Crippen molar-refractivity contribution in [3.05, 3.63) is 53.6 Å².